The first-order valence-corrected chi connectivity index (χ1v) is 28.9. The number of ether oxygens (including phenoxy) is 4. The van der Waals surface area contributed by atoms with E-state index in [0.717, 1.165) is 38.2 Å². The summed E-state index contributed by atoms with van der Waals surface area (Å²) in [6, 6.07) is 24.4. The third-order valence-corrected chi connectivity index (χ3v) is 14.8. The number of rotatable bonds is 18. The van der Waals surface area contributed by atoms with Crippen LogP contribution in [0.25, 0.3) is 44.6 Å². The molecule has 2 atom stereocenters. The zero-order valence-corrected chi connectivity index (χ0v) is 53.5. The molecule has 18 nitrogen and oxygen atoms in total. The van der Waals surface area contributed by atoms with E-state index in [9.17, 15) is 35.2 Å². The number of sulfone groups is 2. The summed E-state index contributed by atoms with van der Waals surface area (Å²) in [7, 11) is -5.03. The summed E-state index contributed by atoms with van der Waals surface area (Å²) < 4.78 is 105. The van der Waals surface area contributed by atoms with Crippen LogP contribution in [0.3, 0.4) is 0 Å². The molecule has 4 aromatic heterocycles. The molecule has 2 aliphatic rings. The van der Waals surface area contributed by atoms with Crippen molar-refractivity contribution in [3.05, 3.63) is 168 Å². The molecule has 4 heterocycles. The van der Waals surface area contributed by atoms with Crippen molar-refractivity contribution in [3.63, 3.8) is 0 Å². The van der Waals surface area contributed by atoms with Crippen LogP contribution in [0.1, 0.15) is 68.8 Å². The van der Waals surface area contributed by atoms with E-state index in [0.29, 0.717) is 86.3 Å². The largest absolute Gasteiger partial charge is 0.493 e. The minimum absolute atomic E-state index is 0. The molecule has 81 heavy (non-hydrogen) atoms. The maximum Gasteiger partial charge on any atom is 0.454 e. The van der Waals surface area contributed by atoms with Gasteiger partial charge >= 0.3 is 18.5 Å². The average molecular weight is 1490 g/mol. The molecule has 2 aliphatic carbocycles. The van der Waals surface area contributed by atoms with Crippen LogP contribution in [0, 0.1) is 26.5 Å². The number of nitrogens with one attached hydrogen (secondary N) is 1. The fourth-order valence-electron chi connectivity index (χ4n) is 9.02. The molecule has 2 fully saturated rings. The SMILES string of the molecule is CCOc1cc([C@@H](CS(C)(=O)=O)n2c(=O)[nH]c3cc(-c4ccccc4F)cnc32)ccc1OC.CCOc1cc([C@@H](CS(C)(=O)=O)n2c(=O)n(C3CC3)c3cc(-c4ccccc4F)cnc32)ccc1OC.OB(O)C1CC1.[CH3-].[CH3-].[W].[W]. The van der Waals surface area contributed by atoms with Crippen molar-refractivity contribution in [1.82, 2.24) is 28.7 Å². The predicted molar refractivity (Wildman–Crippen MR) is 303 cm³/mol. The zero-order valence-electron chi connectivity index (χ0n) is 46.0. The Bertz CT molecular complexity index is 3800. The van der Waals surface area contributed by atoms with Gasteiger partial charge in [-0.1, -0.05) is 61.4 Å². The molecule has 3 N–H and O–H groups in total. The van der Waals surface area contributed by atoms with Gasteiger partial charge in [-0.15, -0.1) is 0 Å². The minimum atomic E-state index is -3.52. The first-order chi connectivity index (χ1) is 36.7. The summed E-state index contributed by atoms with van der Waals surface area (Å²) in [6.45, 7) is 4.42. The van der Waals surface area contributed by atoms with Crippen LogP contribution in [-0.4, -0.2) is 114 Å². The molecule has 0 radical (unpaired) electrons. The third-order valence-electron chi connectivity index (χ3n) is 12.9. The van der Waals surface area contributed by atoms with E-state index in [1.54, 1.807) is 89.5 Å². The number of fused-ring (bicyclic) bond motifs is 2. The molecule has 0 saturated heterocycles. The second kappa shape index (κ2) is 28.8. The van der Waals surface area contributed by atoms with Crippen LogP contribution >= 0.6 is 0 Å². The number of H-pyrrole nitrogens is 1. The fourth-order valence-corrected chi connectivity index (χ4v) is 10.8. The van der Waals surface area contributed by atoms with Gasteiger partial charge in [-0.2, -0.15) is 0 Å². The molecule has 434 valence electrons. The van der Waals surface area contributed by atoms with Gasteiger partial charge in [0.1, 0.15) is 31.3 Å². The Hall–Kier alpha value is -5.96. The van der Waals surface area contributed by atoms with Gasteiger partial charge < -0.3 is 48.8 Å². The Morgan fingerprint density at radius 2 is 1.11 bits per heavy atom. The quantitative estimate of drug-likeness (QED) is 0.0540. The standard InChI is InChI=1S/C27H28FN3O5S.C24H24FN3O5S.C3H7BO2.2CH3.2W/c1-4-36-25-14-17(9-12-24(25)35-2)23(16-37(3,33)34)31-26-22(30(27(31)32)19-10-11-19)13-18(15-29-26)20-7-5-6-8-21(20)28;1-4-33-22-12-15(9-10-21(22)32-2)20(14-34(3,30)31)28-23-19(27-24(28)29)11-16(13-26-23)17-7-5-6-8-18(17)25;5-4(6)3-1-2-3;;;;/h5-9,12-15,19,23H,4,10-11,16H2,1-3H3;5-13,20H,4,14H2,1-3H3,(H,27,29);3,5-6H,1-2H2;2*1H3;;/q;;;2*-1;;/t23-;20-;;;;;/m11...../s1. The van der Waals surface area contributed by atoms with Gasteiger partial charge in [0, 0.05) is 95.3 Å². The Labute approximate surface area is 499 Å². The van der Waals surface area contributed by atoms with Crippen molar-refractivity contribution in [2.24, 2.45) is 0 Å². The number of imidazole rings is 2. The normalized spacial score (nSPS) is 13.5. The van der Waals surface area contributed by atoms with E-state index in [1.165, 1.54) is 47.9 Å². The summed E-state index contributed by atoms with van der Waals surface area (Å²) in [4.78, 5) is 38.6. The van der Waals surface area contributed by atoms with Crippen LogP contribution in [0.4, 0.5) is 8.78 Å². The monoisotopic (exact) mass is 1490 g/mol. The molecule has 0 aliphatic heterocycles. The molecule has 0 unspecified atom stereocenters. The summed E-state index contributed by atoms with van der Waals surface area (Å²) in [5.74, 6) is 0.636. The summed E-state index contributed by atoms with van der Waals surface area (Å²) in [5.41, 5.74) is 3.50. The number of aromatic nitrogens is 6. The second-order valence-electron chi connectivity index (χ2n) is 18.8. The molecule has 0 spiro atoms. The van der Waals surface area contributed by atoms with Crippen molar-refractivity contribution in [3.8, 4) is 45.3 Å². The molecular weight excluding hydrogens is 1430 g/mol. The number of aromatic amines is 1. The van der Waals surface area contributed by atoms with Crippen molar-refractivity contribution in [1.29, 1.82) is 0 Å². The number of nitrogens with zero attached hydrogens (tertiary/aromatic N) is 5. The van der Waals surface area contributed by atoms with Crippen LogP contribution < -0.4 is 30.3 Å². The molecule has 2 saturated carbocycles. The minimum Gasteiger partial charge on any atom is -0.493 e. The molecule has 4 aromatic carbocycles. The Balaban J connectivity index is 0.000000302. The third kappa shape index (κ3) is 16.2. The van der Waals surface area contributed by atoms with Crippen LogP contribution in [0.15, 0.2) is 119 Å². The summed E-state index contributed by atoms with van der Waals surface area (Å²) in [5, 5.41) is 16.5. The maximum absolute atomic E-state index is 14.5. The van der Waals surface area contributed by atoms with Gasteiger partial charge in [-0.05, 0) is 92.2 Å². The number of halogens is 2. The Kier molecular flexibility index (Phi) is 24.0. The Morgan fingerprint density at radius 1 is 0.654 bits per heavy atom. The number of hydrogen-bond acceptors (Lipinski definition) is 14. The van der Waals surface area contributed by atoms with Gasteiger partial charge in [0.2, 0.25) is 0 Å². The van der Waals surface area contributed by atoms with Crippen LogP contribution in [0.5, 0.6) is 23.0 Å². The van der Waals surface area contributed by atoms with Gasteiger partial charge in [0.05, 0.1) is 62.1 Å². The molecule has 25 heteroatoms. The fraction of sp³-hybridized carbons (Fsp3) is 0.321. The first-order valence-electron chi connectivity index (χ1n) is 24.8. The molecule has 0 bridgehead atoms. The van der Waals surface area contributed by atoms with E-state index in [1.807, 2.05) is 13.8 Å². The summed E-state index contributed by atoms with van der Waals surface area (Å²) >= 11 is 0. The second-order valence-corrected chi connectivity index (χ2v) is 23.2. The number of hydrogen-bond donors (Lipinski definition) is 3. The van der Waals surface area contributed by atoms with Gasteiger partial charge in [-0.3, -0.25) is 13.7 Å². The topological polar surface area (TPSA) is 236 Å². The van der Waals surface area contributed by atoms with E-state index < -0.39 is 50.4 Å². The molecule has 10 rings (SSSR count). The van der Waals surface area contributed by atoms with E-state index >= 15 is 0 Å². The number of pyridine rings is 2. The van der Waals surface area contributed by atoms with Crippen molar-refractivity contribution in [2.45, 2.75) is 63.5 Å². The van der Waals surface area contributed by atoms with Crippen LogP contribution in [0.2, 0.25) is 5.82 Å². The van der Waals surface area contributed by atoms with Crippen LogP contribution in [-0.2, 0) is 61.8 Å². The average Bonchev–Trinajstić information content (AvgIpc) is 4.38. The molecule has 0 amide bonds. The van der Waals surface area contributed by atoms with Gasteiger partial charge in [0.15, 0.2) is 34.3 Å². The zero-order chi connectivity index (χ0) is 55.3. The van der Waals surface area contributed by atoms with E-state index in [4.69, 9.17) is 29.0 Å². The van der Waals surface area contributed by atoms with E-state index in [2.05, 4.69) is 15.0 Å². The van der Waals surface area contributed by atoms with Gasteiger partial charge in [0.25, 0.3) is 0 Å². The molecule has 8 aromatic rings. The first kappa shape index (κ1) is 67.5. The van der Waals surface area contributed by atoms with Crippen molar-refractivity contribution < 1.29 is 96.7 Å². The van der Waals surface area contributed by atoms with E-state index in [-0.39, 0.29) is 97.5 Å². The maximum atomic E-state index is 14.5. The predicted octanol–water partition coefficient (Wildman–Crippen LogP) is 8.47. The number of benzene rings is 4. The van der Waals surface area contributed by atoms with Crippen molar-refractivity contribution >= 4 is 49.1 Å². The smallest absolute Gasteiger partial charge is 0.454 e. The molecular formula is C56H65BF2N6O12S2W2-2. The van der Waals surface area contributed by atoms with Crippen molar-refractivity contribution in [2.75, 3.05) is 51.5 Å². The summed E-state index contributed by atoms with van der Waals surface area (Å²) in [6.07, 6.45) is 8.88. The van der Waals surface area contributed by atoms with Gasteiger partial charge in [-0.25, -0.2) is 45.2 Å². The Morgan fingerprint density at radius 3 is 1.52 bits per heavy atom. The number of methoxy groups -OCH3 is 2.